The molecule has 0 aromatic heterocycles. The first-order valence-corrected chi connectivity index (χ1v) is 4.33. The molecule has 2 saturated carbocycles. The van der Waals surface area contributed by atoms with Crippen molar-refractivity contribution in [1.82, 2.24) is 0 Å². The molecule has 0 heterocycles. The predicted molar refractivity (Wildman–Crippen MR) is 40.7 cm³/mol. The Hall–Kier alpha value is -0.0400. The first kappa shape index (κ1) is 6.66. The van der Waals surface area contributed by atoms with Crippen LogP contribution in [0.5, 0.6) is 0 Å². The summed E-state index contributed by atoms with van der Waals surface area (Å²) in [4.78, 5) is 0. The Kier molecular flexibility index (Phi) is 1.17. The van der Waals surface area contributed by atoms with Crippen LogP contribution in [0.2, 0.25) is 0 Å². The molecule has 0 atom stereocenters. The van der Waals surface area contributed by atoms with Crippen molar-refractivity contribution in [2.45, 2.75) is 39.0 Å². The Morgan fingerprint density at radius 2 is 1.80 bits per heavy atom. The molecule has 0 aliphatic heterocycles. The van der Waals surface area contributed by atoms with Crippen LogP contribution in [-0.2, 0) is 0 Å². The molecule has 0 amide bonds. The molecular weight excluding hydrogens is 124 g/mol. The normalized spacial score (nSPS) is 33.0. The fraction of sp³-hybridized carbons (Fsp3) is 1.00. The van der Waals surface area contributed by atoms with Gasteiger partial charge in [-0.05, 0) is 36.5 Å². The van der Waals surface area contributed by atoms with Gasteiger partial charge in [0.05, 0.1) is 0 Å². The number of hydrogen-bond donors (Lipinski definition) is 1. The molecule has 0 radical (unpaired) electrons. The summed E-state index contributed by atoms with van der Waals surface area (Å²) in [5.41, 5.74) is 0.910. The van der Waals surface area contributed by atoms with Crippen molar-refractivity contribution in [3.63, 3.8) is 0 Å². The predicted octanol–water partition coefficient (Wildman–Crippen LogP) is 1.95. The third-order valence-corrected chi connectivity index (χ3v) is 3.89. The highest BCUT2D eigenvalue weighted by atomic mass is 16.3. The molecule has 0 unspecified atom stereocenters. The number of aliphatic hydroxyl groups excluding tert-OH is 1. The Bertz CT molecular complexity index is 137. The molecule has 2 rings (SSSR count). The van der Waals surface area contributed by atoms with Gasteiger partial charge in [-0.1, -0.05) is 13.3 Å². The average molecular weight is 140 g/mol. The average Bonchev–Trinajstić information content (AvgIpc) is 2.47. The van der Waals surface area contributed by atoms with Gasteiger partial charge in [-0.25, -0.2) is 0 Å². The van der Waals surface area contributed by atoms with Gasteiger partial charge in [0.25, 0.3) is 0 Å². The van der Waals surface area contributed by atoms with Crippen molar-refractivity contribution < 1.29 is 5.11 Å². The summed E-state index contributed by atoms with van der Waals surface area (Å²) >= 11 is 0. The highest BCUT2D eigenvalue weighted by molar-refractivity contribution is 5.07. The lowest BCUT2D eigenvalue weighted by Gasteiger charge is -2.46. The number of aliphatic hydroxyl groups is 1. The molecule has 0 aromatic rings. The zero-order chi connectivity index (χ0) is 7.24. The highest BCUT2D eigenvalue weighted by Crippen LogP contribution is 2.66. The zero-order valence-corrected chi connectivity index (χ0v) is 6.69. The van der Waals surface area contributed by atoms with E-state index in [4.69, 9.17) is 0 Å². The van der Waals surface area contributed by atoms with Gasteiger partial charge in [-0.15, -0.1) is 0 Å². The molecule has 1 nitrogen and oxygen atoms in total. The van der Waals surface area contributed by atoms with Crippen LogP contribution in [0.4, 0.5) is 0 Å². The summed E-state index contributed by atoms with van der Waals surface area (Å²) in [7, 11) is 0. The van der Waals surface area contributed by atoms with E-state index < -0.39 is 0 Å². The lowest BCUT2D eigenvalue weighted by molar-refractivity contribution is -0.0199. The molecule has 0 saturated heterocycles. The van der Waals surface area contributed by atoms with E-state index in [1.807, 2.05) is 0 Å². The van der Waals surface area contributed by atoms with Crippen molar-refractivity contribution in [2.24, 2.45) is 10.8 Å². The maximum Gasteiger partial charge on any atom is 0.0492 e. The first-order valence-electron chi connectivity index (χ1n) is 4.33. The zero-order valence-electron chi connectivity index (χ0n) is 6.69. The van der Waals surface area contributed by atoms with Crippen LogP contribution in [0.25, 0.3) is 0 Å². The monoisotopic (exact) mass is 140 g/mol. The smallest absolute Gasteiger partial charge is 0.0492 e. The van der Waals surface area contributed by atoms with Crippen LogP contribution < -0.4 is 0 Å². The second kappa shape index (κ2) is 1.76. The van der Waals surface area contributed by atoms with Crippen molar-refractivity contribution in [3.8, 4) is 0 Å². The topological polar surface area (TPSA) is 20.2 Å². The molecule has 2 aliphatic rings. The SMILES string of the molecule is CC1(C2(CO)CCC2)CC1. The Morgan fingerprint density at radius 1 is 1.20 bits per heavy atom. The minimum absolute atomic E-state index is 0.368. The van der Waals surface area contributed by atoms with Gasteiger partial charge >= 0.3 is 0 Å². The van der Waals surface area contributed by atoms with E-state index in [2.05, 4.69) is 6.92 Å². The molecular formula is C9H16O. The quantitative estimate of drug-likeness (QED) is 0.621. The maximum absolute atomic E-state index is 9.21. The summed E-state index contributed by atoms with van der Waals surface area (Å²) in [5, 5.41) is 9.21. The largest absolute Gasteiger partial charge is 0.396 e. The fourth-order valence-electron chi connectivity index (χ4n) is 2.27. The second-order valence-electron chi connectivity index (χ2n) is 4.35. The van der Waals surface area contributed by atoms with E-state index in [0.717, 1.165) is 0 Å². The maximum atomic E-state index is 9.21. The molecule has 0 aromatic carbocycles. The summed E-state index contributed by atoms with van der Waals surface area (Å²) in [5.74, 6) is 0. The Morgan fingerprint density at radius 3 is 1.90 bits per heavy atom. The van der Waals surface area contributed by atoms with Crippen LogP contribution in [-0.4, -0.2) is 11.7 Å². The summed E-state index contributed by atoms with van der Waals surface area (Å²) in [6.45, 7) is 2.77. The minimum Gasteiger partial charge on any atom is -0.396 e. The standard InChI is InChI=1S/C9H16O/c1-8(5-6-8)9(7-10)3-2-4-9/h10H,2-7H2,1H3. The van der Waals surface area contributed by atoms with Crippen LogP contribution in [0.1, 0.15) is 39.0 Å². The van der Waals surface area contributed by atoms with Crippen molar-refractivity contribution in [2.75, 3.05) is 6.61 Å². The number of rotatable bonds is 2. The van der Waals surface area contributed by atoms with E-state index in [1.54, 1.807) is 0 Å². The third kappa shape index (κ3) is 0.619. The van der Waals surface area contributed by atoms with E-state index in [-0.39, 0.29) is 0 Å². The van der Waals surface area contributed by atoms with Gasteiger partial charge in [0.2, 0.25) is 0 Å². The molecule has 10 heavy (non-hydrogen) atoms. The minimum atomic E-state index is 0.368. The van der Waals surface area contributed by atoms with Crippen molar-refractivity contribution >= 4 is 0 Å². The van der Waals surface area contributed by atoms with Gasteiger partial charge in [-0.2, -0.15) is 0 Å². The van der Waals surface area contributed by atoms with Crippen LogP contribution >= 0.6 is 0 Å². The van der Waals surface area contributed by atoms with Crippen molar-refractivity contribution in [3.05, 3.63) is 0 Å². The van der Waals surface area contributed by atoms with Crippen LogP contribution in [0, 0.1) is 10.8 Å². The van der Waals surface area contributed by atoms with Gasteiger partial charge < -0.3 is 5.11 Å². The third-order valence-electron chi connectivity index (χ3n) is 3.89. The van der Waals surface area contributed by atoms with Crippen molar-refractivity contribution in [1.29, 1.82) is 0 Å². The molecule has 58 valence electrons. The number of hydrogen-bond acceptors (Lipinski definition) is 1. The Labute approximate surface area is 62.4 Å². The summed E-state index contributed by atoms with van der Waals surface area (Å²) in [6.07, 6.45) is 6.61. The highest BCUT2D eigenvalue weighted by Gasteiger charge is 2.57. The molecule has 0 bridgehead atoms. The molecule has 2 aliphatic carbocycles. The molecule has 1 N–H and O–H groups in total. The van der Waals surface area contributed by atoms with Gasteiger partial charge in [-0.3, -0.25) is 0 Å². The fourth-order valence-corrected chi connectivity index (χ4v) is 2.27. The van der Waals surface area contributed by atoms with E-state index in [1.165, 1.54) is 32.1 Å². The summed E-state index contributed by atoms with van der Waals surface area (Å²) < 4.78 is 0. The van der Waals surface area contributed by atoms with E-state index in [9.17, 15) is 5.11 Å². The van der Waals surface area contributed by atoms with Gasteiger partial charge in [0.15, 0.2) is 0 Å². The van der Waals surface area contributed by atoms with Crippen LogP contribution in [0.3, 0.4) is 0 Å². The van der Waals surface area contributed by atoms with E-state index >= 15 is 0 Å². The lowest BCUT2D eigenvalue weighted by Crippen LogP contribution is -2.40. The lowest BCUT2D eigenvalue weighted by atomic mass is 9.60. The van der Waals surface area contributed by atoms with Crippen LogP contribution in [0.15, 0.2) is 0 Å². The van der Waals surface area contributed by atoms with Gasteiger partial charge in [0.1, 0.15) is 0 Å². The molecule has 0 spiro atoms. The van der Waals surface area contributed by atoms with E-state index in [0.29, 0.717) is 17.4 Å². The Balaban J connectivity index is 2.11. The summed E-state index contributed by atoms with van der Waals surface area (Å²) in [6, 6.07) is 0. The first-order chi connectivity index (χ1) is 4.72. The molecule has 2 fully saturated rings. The second-order valence-corrected chi connectivity index (χ2v) is 4.35. The van der Waals surface area contributed by atoms with Gasteiger partial charge in [0, 0.05) is 6.61 Å². The molecule has 1 heteroatoms.